The van der Waals surface area contributed by atoms with E-state index in [2.05, 4.69) is 84.9 Å². The quantitative estimate of drug-likeness (QED) is 0.465. The van der Waals surface area contributed by atoms with Gasteiger partial charge in [0.05, 0.1) is 5.95 Å². The Morgan fingerprint density at radius 2 is 1.34 bits per heavy atom. The minimum atomic E-state index is -0.266. The van der Waals surface area contributed by atoms with Crippen LogP contribution in [0.25, 0.3) is 16.3 Å². The van der Waals surface area contributed by atoms with E-state index in [1.807, 2.05) is 25.1 Å². The minimum absolute atomic E-state index is 0. The second-order valence-electron chi connectivity index (χ2n) is 10.5. The molecule has 0 saturated carbocycles. The zero-order valence-electron chi connectivity index (χ0n) is 21.2. The van der Waals surface area contributed by atoms with Crippen molar-refractivity contribution in [1.82, 2.24) is 0 Å². The maximum Gasteiger partial charge on any atom is 1.00 e. The van der Waals surface area contributed by atoms with Crippen LogP contribution in [0, 0.1) is 6.92 Å². The number of benzene rings is 3. The summed E-state index contributed by atoms with van der Waals surface area (Å²) in [6.45, 7) is 17.1. The van der Waals surface area contributed by atoms with E-state index in [0.29, 0.717) is 17.7 Å². The maximum atomic E-state index is 13.5. The average Bonchev–Trinajstić information content (AvgIpc) is 2.68. The third kappa shape index (κ3) is 5.61. The van der Waals surface area contributed by atoms with Gasteiger partial charge in [0.25, 0.3) is 0 Å². The molecule has 0 amide bonds. The standard InChI is InChI=1S/C29H36O2.Li/c1-9-23(22-15-14-20-12-10-11-13-21(20)18-22)27(30)31-26-24(28(3,4)5)16-19(2)17-25(26)29(6,7)8;/h10-18,30H,9H2,1-8H3;/q;+1/p-1/b27-23+;. The third-order valence-electron chi connectivity index (χ3n) is 5.74. The van der Waals surface area contributed by atoms with E-state index in [9.17, 15) is 5.11 Å². The maximum absolute atomic E-state index is 13.5. The number of allylic oxidation sites excluding steroid dienone is 1. The second kappa shape index (κ2) is 9.78. The summed E-state index contributed by atoms with van der Waals surface area (Å²) in [7, 11) is 0. The number of rotatable bonds is 4. The molecule has 0 bridgehead atoms. The van der Waals surface area contributed by atoms with Crippen molar-refractivity contribution in [1.29, 1.82) is 0 Å². The van der Waals surface area contributed by atoms with Crippen molar-refractivity contribution in [3.05, 3.63) is 82.8 Å². The van der Waals surface area contributed by atoms with Crippen molar-refractivity contribution < 1.29 is 28.7 Å². The van der Waals surface area contributed by atoms with Crippen molar-refractivity contribution in [2.24, 2.45) is 0 Å². The first-order valence-electron chi connectivity index (χ1n) is 11.1. The van der Waals surface area contributed by atoms with Gasteiger partial charge in [-0.2, -0.15) is 0 Å². The summed E-state index contributed by atoms with van der Waals surface area (Å²) in [5.74, 6) is 0.444. The molecule has 3 rings (SSSR count). The largest absolute Gasteiger partial charge is 1.00 e. The molecule has 2 nitrogen and oxygen atoms in total. The van der Waals surface area contributed by atoms with Gasteiger partial charge in [-0.05, 0) is 63.3 Å². The summed E-state index contributed by atoms with van der Waals surface area (Å²) in [5.41, 5.74) is 4.66. The van der Waals surface area contributed by atoms with Gasteiger partial charge < -0.3 is 9.84 Å². The normalized spacial score (nSPS) is 12.9. The molecule has 3 aromatic carbocycles. The van der Waals surface area contributed by atoms with Crippen LogP contribution in [0.4, 0.5) is 0 Å². The molecule has 0 atom stereocenters. The SMILES string of the molecule is CC/C(=C(/[O-])Oc1c(C(C)(C)C)cc(C)cc1C(C)(C)C)c1ccc2ccccc2c1.[Li+]. The summed E-state index contributed by atoms with van der Waals surface area (Å²) in [5, 5.41) is 15.8. The minimum Gasteiger partial charge on any atom is -0.579 e. The fraction of sp³-hybridized carbons (Fsp3) is 0.379. The molecule has 0 saturated heterocycles. The van der Waals surface area contributed by atoms with E-state index >= 15 is 0 Å². The van der Waals surface area contributed by atoms with Crippen molar-refractivity contribution in [3.8, 4) is 5.75 Å². The zero-order chi connectivity index (χ0) is 23.0. The molecule has 0 aliphatic carbocycles. The molecule has 0 aliphatic heterocycles. The van der Waals surface area contributed by atoms with E-state index in [1.54, 1.807) is 0 Å². The van der Waals surface area contributed by atoms with Crippen LogP contribution < -0.4 is 28.7 Å². The first-order valence-corrected chi connectivity index (χ1v) is 11.1. The number of ether oxygens (including phenoxy) is 1. The molecule has 0 radical (unpaired) electrons. The van der Waals surface area contributed by atoms with Crippen LogP contribution in [-0.2, 0) is 10.8 Å². The molecule has 3 aromatic rings. The summed E-state index contributed by atoms with van der Waals surface area (Å²) < 4.78 is 6.23. The number of hydrogen-bond donors (Lipinski definition) is 0. The Labute approximate surface area is 205 Å². The van der Waals surface area contributed by atoms with Crippen LogP contribution in [0.5, 0.6) is 5.75 Å². The molecule has 0 spiro atoms. The zero-order valence-corrected chi connectivity index (χ0v) is 21.2. The Kier molecular flexibility index (Phi) is 7.98. The molecule has 0 fully saturated rings. The van der Waals surface area contributed by atoms with Gasteiger partial charge in [0.2, 0.25) is 0 Å². The molecule has 164 valence electrons. The van der Waals surface area contributed by atoms with Crippen molar-refractivity contribution in [3.63, 3.8) is 0 Å². The van der Waals surface area contributed by atoms with Gasteiger partial charge in [0.15, 0.2) is 0 Å². The van der Waals surface area contributed by atoms with E-state index in [1.165, 1.54) is 10.9 Å². The molecular formula is C29H35LiO2. The molecule has 0 heterocycles. The van der Waals surface area contributed by atoms with Gasteiger partial charge in [-0.3, -0.25) is 0 Å². The Bertz CT molecular complexity index is 1090. The van der Waals surface area contributed by atoms with Gasteiger partial charge in [0, 0.05) is 5.75 Å². The van der Waals surface area contributed by atoms with Gasteiger partial charge >= 0.3 is 18.9 Å². The molecule has 3 heteroatoms. The fourth-order valence-electron chi connectivity index (χ4n) is 3.99. The molecule has 0 aromatic heterocycles. The topological polar surface area (TPSA) is 32.3 Å². The Hall–Kier alpha value is -2.14. The van der Waals surface area contributed by atoms with Gasteiger partial charge in [-0.25, -0.2) is 0 Å². The van der Waals surface area contributed by atoms with Crippen LogP contribution in [0.15, 0.2) is 60.5 Å². The van der Waals surface area contributed by atoms with Gasteiger partial charge in [-0.1, -0.05) is 103 Å². The monoisotopic (exact) mass is 422 g/mol. The first-order chi connectivity index (χ1) is 14.4. The summed E-state index contributed by atoms with van der Waals surface area (Å²) in [6, 6.07) is 18.7. The van der Waals surface area contributed by atoms with Crippen LogP contribution in [0.2, 0.25) is 0 Å². The van der Waals surface area contributed by atoms with Crippen LogP contribution in [-0.4, -0.2) is 0 Å². The number of hydrogen-bond acceptors (Lipinski definition) is 2. The Balaban J connectivity index is 0.00000363. The molecule has 32 heavy (non-hydrogen) atoms. The van der Waals surface area contributed by atoms with Crippen molar-refractivity contribution >= 4 is 16.3 Å². The van der Waals surface area contributed by atoms with Crippen molar-refractivity contribution in [2.75, 3.05) is 0 Å². The smallest absolute Gasteiger partial charge is 0.579 e. The predicted octanol–water partition coefficient (Wildman–Crippen LogP) is 4.27. The fourth-order valence-corrected chi connectivity index (χ4v) is 3.99. The summed E-state index contributed by atoms with van der Waals surface area (Å²) in [4.78, 5) is 0. The van der Waals surface area contributed by atoms with Gasteiger partial charge in [0.1, 0.15) is 0 Å². The average molecular weight is 423 g/mol. The van der Waals surface area contributed by atoms with E-state index in [-0.39, 0.29) is 35.6 Å². The second-order valence-corrected chi connectivity index (χ2v) is 10.5. The Morgan fingerprint density at radius 1 is 0.812 bits per heavy atom. The predicted molar refractivity (Wildman–Crippen MR) is 130 cm³/mol. The van der Waals surface area contributed by atoms with E-state index in [0.717, 1.165) is 22.1 Å². The van der Waals surface area contributed by atoms with Gasteiger partial charge in [-0.15, -0.1) is 0 Å². The Morgan fingerprint density at radius 3 is 1.84 bits per heavy atom. The van der Waals surface area contributed by atoms with Crippen LogP contribution in [0.1, 0.15) is 77.1 Å². The summed E-state index contributed by atoms with van der Waals surface area (Å²) in [6.07, 6.45) is 0.610. The van der Waals surface area contributed by atoms with Crippen LogP contribution >= 0.6 is 0 Å². The van der Waals surface area contributed by atoms with Crippen molar-refractivity contribution in [2.45, 2.75) is 72.6 Å². The summed E-state index contributed by atoms with van der Waals surface area (Å²) >= 11 is 0. The number of aryl methyl sites for hydroxylation is 1. The van der Waals surface area contributed by atoms with Crippen LogP contribution in [0.3, 0.4) is 0 Å². The molecule has 0 aliphatic rings. The first kappa shape index (κ1) is 26.1. The van der Waals surface area contributed by atoms with E-state index < -0.39 is 0 Å². The molecule has 0 N–H and O–H groups in total. The molecule has 0 unspecified atom stereocenters. The van der Waals surface area contributed by atoms with E-state index in [4.69, 9.17) is 4.74 Å². The molecular weight excluding hydrogens is 387 g/mol. The third-order valence-corrected chi connectivity index (χ3v) is 5.74. The number of fused-ring (bicyclic) bond motifs is 1.